The lowest BCUT2D eigenvalue weighted by Gasteiger charge is -2.15. The van der Waals surface area contributed by atoms with Gasteiger partial charge in [0, 0.05) is 6.42 Å². The Morgan fingerprint density at radius 3 is 2.62 bits per heavy atom. The van der Waals surface area contributed by atoms with Crippen molar-refractivity contribution in [2.45, 2.75) is 32.8 Å². The summed E-state index contributed by atoms with van der Waals surface area (Å²) in [7, 11) is 1.44. The summed E-state index contributed by atoms with van der Waals surface area (Å²) >= 11 is 0. The number of halogens is 1. The van der Waals surface area contributed by atoms with Crippen molar-refractivity contribution in [3.8, 4) is 5.75 Å². The summed E-state index contributed by atoms with van der Waals surface area (Å²) in [5, 5.41) is 9.81. The number of para-hydroxylation sites is 1. The Morgan fingerprint density at radius 2 is 2.06 bits per heavy atom. The van der Waals surface area contributed by atoms with Gasteiger partial charge in [0.2, 0.25) is 0 Å². The van der Waals surface area contributed by atoms with Gasteiger partial charge in [-0.2, -0.15) is 0 Å². The average Bonchev–Trinajstić information content (AvgIpc) is 2.16. The van der Waals surface area contributed by atoms with Gasteiger partial charge in [0.05, 0.1) is 13.2 Å². The molecule has 0 aromatic heterocycles. The van der Waals surface area contributed by atoms with Crippen LogP contribution in [0.25, 0.3) is 0 Å². The third kappa shape index (κ3) is 3.49. The zero-order chi connectivity index (χ0) is 12.1. The number of methoxy groups -OCH3 is 1. The molecule has 16 heavy (non-hydrogen) atoms. The highest BCUT2D eigenvalue weighted by molar-refractivity contribution is 5.35. The molecule has 0 saturated carbocycles. The topological polar surface area (TPSA) is 29.5 Å². The molecule has 0 aliphatic carbocycles. The van der Waals surface area contributed by atoms with Gasteiger partial charge < -0.3 is 9.84 Å². The van der Waals surface area contributed by atoms with Crippen LogP contribution in [-0.4, -0.2) is 18.3 Å². The zero-order valence-corrected chi connectivity index (χ0v) is 10.0. The molecule has 1 unspecified atom stereocenters. The van der Waals surface area contributed by atoms with E-state index in [1.807, 2.05) is 13.8 Å². The summed E-state index contributed by atoms with van der Waals surface area (Å²) in [6.07, 6.45) is 0.689. The molecule has 0 spiro atoms. The predicted octanol–water partition coefficient (Wildman–Crippen LogP) is 2.78. The molecular weight excluding hydrogens is 207 g/mol. The van der Waals surface area contributed by atoms with E-state index in [4.69, 9.17) is 4.74 Å². The molecule has 1 aromatic rings. The van der Waals surface area contributed by atoms with Crippen molar-refractivity contribution in [3.05, 3.63) is 29.6 Å². The third-order valence-electron chi connectivity index (χ3n) is 2.45. The largest absolute Gasteiger partial charge is 0.493 e. The molecule has 1 N–H and O–H groups in total. The second kappa shape index (κ2) is 5.85. The van der Waals surface area contributed by atoms with E-state index in [0.717, 1.165) is 5.56 Å². The number of aliphatic hydroxyl groups excluding tert-OH is 1. The van der Waals surface area contributed by atoms with E-state index in [1.165, 1.54) is 13.2 Å². The van der Waals surface area contributed by atoms with Gasteiger partial charge in [-0.15, -0.1) is 0 Å². The van der Waals surface area contributed by atoms with E-state index < -0.39 is 6.10 Å². The van der Waals surface area contributed by atoms with Crippen LogP contribution in [0, 0.1) is 11.7 Å². The Kier molecular flexibility index (Phi) is 4.74. The number of hydrogen-bond acceptors (Lipinski definition) is 2. The smallest absolute Gasteiger partial charge is 0.165 e. The minimum Gasteiger partial charge on any atom is -0.493 e. The van der Waals surface area contributed by atoms with Crippen molar-refractivity contribution in [1.82, 2.24) is 0 Å². The van der Waals surface area contributed by atoms with Crippen LogP contribution in [0.15, 0.2) is 18.2 Å². The highest BCUT2D eigenvalue weighted by Crippen LogP contribution is 2.24. The molecule has 1 aromatic carbocycles. The van der Waals surface area contributed by atoms with Crippen LogP contribution in [0.3, 0.4) is 0 Å². The van der Waals surface area contributed by atoms with E-state index in [-0.39, 0.29) is 11.6 Å². The van der Waals surface area contributed by atoms with Crippen LogP contribution in [0.2, 0.25) is 0 Å². The predicted molar refractivity (Wildman–Crippen MR) is 62.1 cm³/mol. The quantitative estimate of drug-likeness (QED) is 0.836. The van der Waals surface area contributed by atoms with Gasteiger partial charge >= 0.3 is 0 Å². The standard InChI is InChI=1S/C13H19FO2/c1-9(2)7-11(15)8-10-5-4-6-12(14)13(10)16-3/h4-6,9,11,15H,7-8H2,1-3H3. The van der Waals surface area contributed by atoms with Crippen LogP contribution in [-0.2, 0) is 6.42 Å². The SMILES string of the molecule is COc1c(F)cccc1CC(O)CC(C)C. The number of aliphatic hydroxyl groups is 1. The molecule has 0 amide bonds. The molecule has 90 valence electrons. The molecule has 2 nitrogen and oxygen atoms in total. The van der Waals surface area contributed by atoms with Crippen molar-refractivity contribution in [2.24, 2.45) is 5.92 Å². The molecule has 0 aliphatic heterocycles. The first-order valence-electron chi connectivity index (χ1n) is 5.54. The highest BCUT2D eigenvalue weighted by Gasteiger charge is 2.13. The molecule has 1 atom stereocenters. The first-order valence-corrected chi connectivity index (χ1v) is 5.54. The fourth-order valence-corrected chi connectivity index (χ4v) is 1.82. The summed E-state index contributed by atoms with van der Waals surface area (Å²) in [4.78, 5) is 0. The summed E-state index contributed by atoms with van der Waals surface area (Å²) < 4.78 is 18.4. The molecule has 0 bridgehead atoms. The van der Waals surface area contributed by atoms with Crippen LogP contribution < -0.4 is 4.74 Å². The molecule has 1 rings (SSSR count). The van der Waals surface area contributed by atoms with Gasteiger partial charge in [-0.25, -0.2) is 4.39 Å². The van der Waals surface area contributed by atoms with Crippen molar-refractivity contribution in [3.63, 3.8) is 0 Å². The number of benzene rings is 1. The Morgan fingerprint density at radius 1 is 1.38 bits per heavy atom. The summed E-state index contributed by atoms with van der Waals surface area (Å²) in [6, 6.07) is 4.78. The lowest BCUT2D eigenvalue weighted by Crippen LogP contribution is -2.14. The number of rotatable bonds is 5. The fraction of sp³-hybridized carbons (Fsp3) is 0.538. The highest BCUT2D eigenvalue weighted by atomic mass is 19.1. The first kappa shape index (κ1) is 13.0. The molecule has 0 aliphatic rings. The molecule has 0 heterocycles. The molecular formula is C13H19FO2. The van der Waals surface area contributed by atoms with E-state index in [0.29, 0.717) is 18.8 Å². The Hall–Kier alpha value is -1.09. The van der Waals surface area contributed by atoms with Gasteiger partial charge in [-0.05, 0) is 24.0 Å². The maximum atomic E-state index is 13.4. The van der Waals surface area contributed by atoms with Gasteiger partial charge in [0.15, 0.2) is 11.6 Å². The zero-order valence-electron chi connectivity index (χ0n) is 10.0. The summed E-state index contributed by atoms with van der Waals surface area (Å²) in [5.74, 6) is 0.289. The second-order valence-electron chi connectivity index (χ2n) is 4.42. The monoisotopic (exact) mass is 226 g/mol. The fourth-order valence-electron chi connectivity index (χ4n) is 1.82. The van der Waals surface area contributed by atoms with Gasteiger partial charge in [0.25, 0.3) is 0 Å². The summed E-state index contributed by atoms with van der Waals surface area (Å²) in [6.45, 7) is 4.10. The Balaban J connectivity index is 2.76. The van der Waals surface area contributed by atoms with Crippen molar-refractivity contribution < 1.29 is 14.2 Å². The van der Waals surface area contributed by atoms with Crippen molar-refractivity contribution in [2.75, 3.05) is 7.11 Å². The van der Waals surface area contributed by atoms with Gasteiger partial charge in [-0.3, -0.25) is 0 Å². The molecule has 3 heteroatoms. The van der Waals surface area contributed by atoms with Crippen LogP contribution in [0.1, 0.15) is 25.8 Å². The minimum absolute atomic E-state index is 0.241. The summed E-state index contributed by atoms with van der Waals surface area (Å²) in [5.41, 5.74) is 0.718. The molecule has 0 saturated heterocycles. The van der Waals surface area contributed by atoms with Crippen molar-refractivity contribution >= 4 is 0 Å². The lowest BCUT2D eigenvalue weighted by molar-refractivity contribution is 0.148. The second-order valence-corrected chi connectivity index (χ2v) is 4.42. The van der Waals surface area contributed by atoms with Crippen molar-refractivity contribution in [1.29, 1.82) is 0 Å². The van der Waals surface area contributed by atoms with Gasteiger partial charge in [-0.1, -0.05) is 26.0 Å². The molecule has 0 fully saturated rings. The van der Waals surface area contributed by atoms with Crippen LogP contribution >= 0.6 is 0 Å². The number of ether oxygens (including phenoxy) is 1. The molecule has 0 radical (unpaired) electrons. The lowest BCUT2D eigenvalue weighted by atomic mass is 9.99. The normalized spacial score (nSPS) is 12.9. The van der Waals surface area contributed by atoms with E-state index in [9.17, 15) is 9.50 Å². The Bertz CT molecular complexity index is 337. The van der Waals surface area contributed by atoms with Gasteiger partial charge in [0.1, 0.15) is 0 Å². The van der Waals surface area contributed by atoms with E-state index in [1.54, 1.807) is 12.1 Å². The third-order valence-corrected chi connectivity index (χ3v) is 2.45. The van der Waals surface area contributed by atoms with E-state index >= 15 is 0 Å². The number of hydrogen-bond donors (Lipinski definition) is 1. The average molecular weight is 226 g/mol. The van der Waals surface area contributed by atoms with Crippen LogP contribution in [0.4, 0.5) is 4.39 Å². The van der Waals surface area contributed by atoms with E-state index in [2.05, 4.69) is 0 Å². The minimum atomic E-state index is -0.448. The first-order chi connectivity index (χ1) is 7.54. The maximum absolute atomic E-state index is 13.4. The van der Waals surface area contributed by atoms with Crippen LogP contribution in [0.5, 0.6) is 5.75 Å². The Labute approximate surface area is 96.1 Å². The maximum Gasteiger partial charge on any atom is 0.165 e.